The van der Waals surface area contributed by atoms with Gasteiger partial charge in [-0.3, -0.25) is 9.78 Å². The average Bonchev–Trinajstić information content (AvgIpc) is 3.53. The number of nitrogens with one attached hydrogen (secondary N) is 1. The summed E-state index contributed by atoms with van der Waals surface area (Å²) in [7, 11) is 0. The van der Waals surface area contributed by atoms with Crippen LogP contribution in [0.2, 0.25) is 15.2 Å². The number of hydrogen-bond donors (Lipinski definition) is 2. The van der Waals surface area contributed by atoms with Gasteiger partial charge in [-0.05, 0) is 42.4 Å². The van der Waals surface area contributed by atoms with Crippen LogP contribution < -0.4 is 21.7 Å². The Labute approximate surface area is 184 Å². The van der Waals surface area contributed by atoms with Gasteiger partial charge in [0.15, 0.2) is 10.9 Å². The highest BCUT2D eigenvalue weighted by Crippen LogP contribution is 2.45. The second-order valence-corrected chi connectivity index (χ2v) is 8.12. The van der Waals surface area contributed by atoms with E-state index in [0.717, 1.165) is 23.1 Å². The van der Waals surface area contributed by atoms with Crippen molar-refractivity contribution in [1.29, 1.82) is 0 Å². The minimum atomic E-state index is -0.794. The fourth-order valence-corrected chi connectivity index (χ4v) is 3.87. The van der Waals surface area contributed by atoms with Crippen molar-refractivity contribution in [3.63, 3.8) is 0 Å². The SMILES string of the molecule is CC(c1cc(Oc2c(Cl)cc(-n3nc(N)c(=O)[nH]c3=O)cc2Cl)nnc1Cl)C1CC1. The van der Waals surface area contributed by atoms with E-state index in [1.807, 2.05) is 0 Å². The summed E-state index contributed by atoms with van der Waals surface area (Å²) in [6.45, 7) is 2.08. The minimum Gasteiger partial charge on any atom is -0.434 e. The minimum absolute atomic E-state index is 0.0875. The summed E-state index contributed by atoms with van der Waals surface area (Å²) in [5.74, 6) is 0.723. The molecule has 0 radical (unpaired) electrons. The van der Waals surface area contributed by atoms with Gasteiger partial charge in [0, 0.05) is 6.07 Å². The summed E-state index contributed by atoms with van der Waals surface area (Å²) < 4.78 is 6.63. The van der Waals surface area contributed by atoms with Crippen LogP contribution in [0.1, 0.15) is 31.2 Å². The maximum Gasteiger partial charge on any atom is 0.349 e. The zero-order valence-electron chi connectivity index (χ0n) is 15.5. The predicted molar refractivity (Wildman–Crippen MR) is 113 cm³/mol. The Morgan fingerprint density at radius 2 is 1.83 bits per heavy atom. The van der Waals surface area contributed by atoms with Gasteiger partial charge in [0.05, 0.1) is 15.7 Å². The molecule has 156 valence electrons. The molecule has 1 atom stereocenters. The summed E-state index contributed by atoms with van der Waals surface area (Å²) in [5, 5.41) is 12.2. The van der Waals surface area contributed by atoms with E-state index in [0.29, 0.717) is 11.1 Å². The molecule has 1 unspecified atom stereocenters. The molecule has 0 bridgehead atoms. The monoisotopic (exact) mass is 468 g/mol. The molecule has 2 aromatic heterocycles. The number of aromatic nitrogens is 5. The predicted octanol–water partition coefficient (Wildman–Crippen LogP) is 3.56. The van der Waals surface area contributed by atoms with Crippen LogP contribution in [0.3, 0.4) is 0 Å². The van der Waals surface area contributed by atoms with Gasteiger partial charge >= 0.3 is 5.69 Å². The van der Waals surface area contributed by atoms with Gasteiger partial charge in [-0.25, -0.2) is 4.79 Å². The molecule has 1 saturated carbocycles. The smallest absolute Gasteiger partial charge is 0.349 e. The number of ether oxygens (including phenoxy) is 1. The molecular formula is C18H15Cl3N6O3. The van der Waals surface area contributed by atoms with E-state index in [1.165, 1.54) is 12.1 Å². The first-order valence-corrected chi connectivity index (χ1v) is 10.1. The maximum atomic E-state index is 12.0. The number of benzene rings is 1. The third kappa shape index (κ3) is 4.00. The number of nitrogens with zero attached hydrogens (tertiary/aromatic N) is 4. The molecule has 0 saturated heterocycles. The Hall–Kier alpha value is -2.62. The molecule has 9 nitrogen and oxygen atoms in total. The van der Waals surface area contributed by atoms with Gasteiger partial charge < -0.3 is 10.5 Å². The molecule has 2 heterocycles. The van der Waals surface area contributed by atoms with E-state index in [-0.39, 0.29) is 39.1 Å². The van der Waals surface area contributed by atoms with Crippen LogP contribution in [0.15, 0.2) is 27.8 Å². The number of H-pyrrole nitrogens is 1. The summed E-state index contributed by atoms with van der Waals surface area (Å²) in [6.07, 6.45) is 2.30. The Morgan fingerprint density at radius 1 is 1.17 bits per heavy atom. The van der Waals surface area contributed by atoms with Crippen LogP contribution >= 0.6 is 34.8 Å². The Morgan fingerprint density at radius 3 is 2.47 bits per heavy atom. The summed E-state index contributed by atoms with van der Waals surface area (Å²) in [6, 6.07) is 4.51. The van der Waals surface area contributed by atoms with Gasteiger partial charge in [0.2, 0.25) is 11.7 Å². The standard InChI is InChI=1S/C18H15Cl3N6O3/c1-7(8-2-3-8)10-6-13(24-25-15(10)21)30-14-11(19)4-9(5-12(14)20)27-18(29)23-17(28)16(22)26-27/h4-8H,2-3H2,1H3,(H2,22,26)(H,23,28,29). The van der Waals surface area contributed by atoms with E-state index in [1.54, 1.807) is 6.07 Å². The highest BCUT2D eigenvalue weighted by atomic mass is 35.5. The van der Waals surface area contributed by atoms with E-state index >= 15 is 0 Å². The van der Waals surface area contributed by atoms with Crippen molar-refractivity contribution in [1.82, 2.24) is 25.0 Å². The molecule has 0 aliphatic heterocycles. The molecule has 30 heavy (non-hydrogen) atoms. The van der Waals surface area contributed by atoms with Gasteiger partial charge in [-0.1, -0.05) is 41.7 Å². The zero-order chi connectivity index (χ0) is 21.6. The van der Waals surface area contributed by atoms with Gasteiger partial charge in [-0.15, -0.1) is 15.3 Å². The molecule has 3 aromatic rings. The molecule has 3 N–H and O–H groups in total. The fraction of sp³-hybridized carbons (Fsp3) is 0.278. The number of nitrogens with two attached hydrogens (primary N) is 1. The molecule has 0 spiro atoms. The Bertz CT molecular complexity index is 1230. The number of aromatic amines is 1. The van der Waals surface area contributed by atoms with Crippen LogP contribution in [-0.4, -0.2) is 25.0 Å². The number of rotatable bonds is 5. The zero-order valence-corrected chi connectivity index (χ0v) is 17.8. The molecule has 0 amide bonds. The maximum absolute atomic E-state index is 12.0. The topological polar surface area (TPSA) is 129 Å². The van der Waals surface area contributed by atoms with Crippen molar-refractivity contribution in [3.05, 3.63) is 59.8 Å². The second-order valence-electron chi connectivity index (χ2n) is 6.95. The lowest BCUT2D eigenvalue weighted by Crippen LogP contribution is -2.33. The summed E-state index contributed by atoms with van der Waals surface area (Å²) >= 11 is 18.8. The molecule has 4 rings (SSSR count). The number of anilines is 1. The van der Waals surface area contributed by atoms with Crippen LogP contribution in [-0.2, 0) is 0 Å². The first-order valence-electron chi connectivity index (χ1n) is 8.94. The van der Waals surface area contributed by atoms with Crippen LogP contribution in [0.5, 0.6) is 11.6 Å². The molecule has 1 fully saturated rings. The number of hydrogen-bond acceptors (Lipinski definition) is 7. The van der Waals surface area contributed by atoms with Crippen molar-refractivity contribution in [2.45, 2.75) is 25.7 Å². The first-order chi connectivity index (χ1) is 14.2. The van der Waals surface area contributed by atoms with Gasteiger partial charge in [0.1, 0.15) is 0 Å². The van der Waals surface area contributed by atoms with E-state index in [9.17, 15) is 9.59 Å². The number of halogens is 3. The van der Waals surface area contributed by atoms with Gasteiger partial charge in [0.25, 0.3) is 5.56 Å². The van der Waals surface area contributed by atoms with E-state index in [2.05, 4.69) is 27.2 Å². The first kappa shape index (κ1) is 20.6. The van der Waals surface area contributed by atoms with Crippen LogP contribution in [0.4, 0.5) is 5.82 Å². The van der Waals surface area contributed by atoms with Crippen LogP contribution in [0, 0.1) is 5.92 Å². The van der Waals surface area contributed by atoms with Crippen LogP contribution in [0.25, 0.3) is 5.69 Å². The molecule has 1 aliphatic rings. The molecule has 1 aromatic carbocycles. The van der Waals surface area contributed by atoms with Crippen molar-refractivity contribution in [3.8, 4) is 17.3 Å². The third-order valence-electron chi connectivity index (χ3n) is 4.86. The Kier molecular flexibility index (Phi) is 5.44. The lowest BCUT2D eigenvalue weighted by atomic mass is 9.98. The highest BCUT2D eigenvalue weighted by molar-refractivity contribution is 6.37. The quantitative estimate of drug-likeness (QED) is 0.584. The van der Waals surface area contributed by atoms with Crippen molar-refractivity contribution in [2.75, 3.05) is 5.73 Å². The molecule has 1 aliphatic carbocycles. The van der Waals surface area contributed by atoms with E-state index in [4.69, 9.17) is 45.3 Å². The fourth-order valence-electron chi connectivity index (χ4n) is 3.05. The lowest BCUT2D eigenvalue weighted by Gasteiger charge is -2.14. The molecule has 12 heteroatoms. The van der Waals surface area contributed by atoms with Crippen molar-refractivity contribution in [2.24, 2.45) is 5.92 Å². The number of nitrogen functional groups attached to an aromatic ring is 1. The highest BCUT2D eigenvalue weighted by Gasteiger charge is 2.31. The lowest BCUT2D eigenvalue weighted by molar-refractivity contribution is 0.453. The second kappa shape index (κ2) is 7.90. The average molecular weight is 470 g/mol. The summed E-state index contributed by atoms with van der Waals surface area (Å²) in [5.41, 5.74) is 4.93. The normalized spacial score (nSPS) is 14.5. The third-order valence-corrected chi connectivity index (χ3v) is 5.72. The van der Waals surface area contributed by atoms with Gasteiger partial charge in [-0.2, -0.15) is 4.68 Å². The Balaban J connectivity index is 1.68. The van der Waals surface area contributed by atoms with Crippen molar-refractivity contribution >= 4 is 40.6 Å². The summed E-state index contributed by atoms with van der Waals surface area (Å²) in [4.78, 5) is 25.5. The molecular weight excluding hydrogens is 455 g/mol. The largest absolute Gasteiger partial charge is 0.434 e. The van der Waals surface area contributed by atoms with Crippen molar-refractivity contribution < 1.29 is 4.74 Å². The van der Waals surface area contributed by atoms with E-state index < -0.39 is 11.2 Å².